The third kappa shape index (κ3) is 2.05. The second-order valence-corrected chi connectivity index (χ2v) is 3.82. The van der Waals surface area contributed by atoms with Crippen LogP contribution < -0.4 is 5.73 Å². The summed E-state index contributed by atoms with van der Waals surface area (Å²) >= 11 is 17.5. The van der Waals surface area contributed by atoms with Crippen molar-refractivity contribution in [3.63, 3.8) is 0 Å². The molecule has 1 aromatic carbocycles. The summed E-state index contributed by atoms with van der Waals surface area (Å²) < 4.78 is 0. The van der Waals surface area contributed by atoms with Gasteiger partial charge in [-0.3, -0.25) is 0 Å². The van der Waals surface area contributed by atoms with Gasteiger partial charge in [-0.2, -0.15) is 0 Å². The predicted molar refractivity (Wildman–Crippen MR) is 54.1 cm³/mol. The molecule has 0 amide bonds. The molecule has 1 aromatic rings. The van der Waals surface area contributed by atoms with Gasteiger partial charge in [0.05, 0.1) is 0 Å². The molecule has 2 N–H and O–H groups in total. The molecule has 4 heteroatoms. The third-order valence-corrected chi connectivity index (χ3v) is 2.34. The first kappa shape index (κ1) is 10.1. The maximum Gasteiger partial charge on any atom is 0.0483 e. The molecule has 0 saturated heterocycles. The average molecular weight is 225 g/mol. The van der Waals surface area contributed by atoms with E-state index in [-0.39, 0.29) is 6.04 Å². The summed E-state index contributed by atoms with van der Waals surface area (Å²) in [5, 5.41) is 1.56. The summed E-state index contributed by atoms with van der Waals surface area (Å²) in [6.45, 7) is 1.82. The fourth-order valence-corrected chi connectivity index (χ4v) is 2.15. The highest BCUT2D eigenvalue weighted by Crippen LogP contribution is 2.32. The van der Waals surface area contributed by atoms with E-state index in [1.54, 1.807) is 12.1 Å². The van der Waals surface area contributed by atoms with E-state index in [0.29, 0.717) is 15.1 Å². The molecule has 12 heavy (non-hydrogen) atoms. The molecule has 0 heterocycles. The lowest BCUT2D eigenvalue weighted by molar-refractivity contribution is 0.819. The first-order chi connectivity index (χ1) is 5.52. The SMILES string of the molecule is C[C@H](N)c1c(Cl)cc(Cl)cc1Cl. The largest absolute Gasteiger partial charge is 0.324 e. The van der Waals surface area contributed by atoms with Crippen LogP contribution in [0, 0.1) is 0 Å². The number of halogens is 3. The van der Waals surface area contributed by atoms with Gasteiger partial charge in [0.2, 0.25) is 0 Å². The van der Waals surface area contributed by atoms with E-state index in [1.807, 2.05) is 6.92 Å². The molecular formula is C8H8Cl3N. The van der Waals surface area contributed by atoms with Crippen LogP contribution >= 0.6 is 34.8 Å². The number of hydrogen-bond acceptors (Lipinski definition) is 1. The Balaban J connectivity index is 3.28. The van der Waals surface area contributed by atoms with Gasteiger partial charge >= 0.3 is 0 Å². The summed E-state index contributed by atoms with van der Waals surface area (Å²) in [7, 11) is 0. The van der Waals surface area contributed by atoms with Crippen molar-refractivity contribution in [1.82, 2.24) is 0 Å². The minimum atomic E-state index is -0.178. The predicted octanol–water partition coefficient (Wildman–Crippen LogP) is 3.67. The van der Waals surface area contributed by atoms with Crippen molar-refractivity contribution in [1.29, 1.82) is 0 Å². The van der Waals surface area contributed by atoms with E-state index in [2.05, 4.69) is 0 Å². The molecule has 0 aromatic heterocycles. The maximum absolute atomic E-state index is 5.88. The molecule has 0 aliphatic rings. The molecule has 1 nitrogen and oxygen atoms in total. The highest BCUT2D eigenvalue weighted by atomic mass is 35.5. The van der Waals surface area contributed by atoms with E-state index < -0.39 is 0 Å². The lowest BCUT2D eigenvalue weighted by atomic mass is 10.1. The summed E-state index contributed by atoms with van der Waals surface area (Å²) in [4.78, 5) is 0. The van der Waals surface area contributed by atoms with E-state index in [0.717, 1.165) is 5.56 Å². The molecule has 0 unspecified atom stereocenters. The number of hydrogen-bond donors (Lipinski definition) is 1. The number of nitrogens with two attached hydrogens (primary N) is 1. The summed E-state index contributed by atoms with van der Waals surface area (Å²) in [5.74, 6) is 0. The van der Waals surface area contributed by atoms with E-state index in [1.165, 1.54) is 0 Å². The van der Waals surface area contributed by atoms with Crippen LogP contribution in [0.5, 0.6) is 0 Å². The lowest BCUT2D eigenvalue weighted by Gasteiger charge is -2.10. The topological polar surface area (TPSA) is 26.0 Å². The highest BCUT2D eigenvalue weighted by molar-refractivity contribution is 6.39. The van der Waals surface area contributed by atoms with Crippen LogP contribution in [-0.4, -0.2) is 0 Å². The van der Waals surface area contributed by atoms with Crippen molar-refractivity contribution in [3.05, 3.63) is 32.8 Å². The monoisotopic (exact) mass is 223 g/mol. The smallest absolute Gasteiger partial charge is 0.0483 e. The van der Waals surface area contributed by atoms with Crippen molar-refractivity contribution >= 4 is 34.8 Å². The van der Waals surface area contributed by atoms with Crippen LogP contribution in [0.4, 0.5) is 0 Å². The van der Waals surface area contributed by atoms with Crippen molar-refractivity contribution in [3.8, 4) is 0 Å². The Bertz CT molecular complexity index is 273. The normalized spacial score (nSPS) is 13.1. The molecular weight excluding hydrogens is 216 g/mol. The number of rotatable bonds is 1. The van der Waals surface area contributed by atoms with E-state index >= 15 is 0 Å². The fraction of sp³-hybridized carbons (Fsp3) is 0.250. The van der Waals surface area contributed by atoms with Gasteiger partial charge in [-0.25, -0.2) is 0 Å². The van der Waals surface area contributed by atoms with Gasteiger partial charge in [-0.15, -0.1) is 0 Å². The number of benzene rings is 1. The molecule has 0 radical (unpaired) electrons. The van der Waals surface area contributed by atoms with Gasteiger partial charge < -0.3 is 5.73 Å². The van der Waals surface area contributed by atoms with Crippen molar-refractivity contribution in [2.45, 2.75) is 13.0 Å². The first-order valence-corrected chi connectivity index (χ1v) is 4.55. The molecule has 0 aliphatic heterocycles. The highest BCUT2D eigenvalue weighted by Gasteiger charge is 2.10. The molecule has 0 bridgehead atoms. The minimum Gasteiger partial charge on any atom is -0.324 e. The maximum atomic E-state index is 5.88. The Morgan fingerprint density at radius 3 is 1.92 bits per heavy atom. The van der Waals surface area contributed by atoms with Gasteiger partial charge in [0.1, 0.15) is 0 Å². The van der Waals surface area contributed by atoms with Gasteiger partial charge in [0.25, 0.3) is 0 Å². The van der Waals surface area contributed by atoms with Crippen LogP contribution in [0.1, 0.15) is 18.5 Å². The fourth-order valence-electron chi connectivity index (χ4n) is 0.988. The zero-order valence-corrected chi connectivity index (χ0v) is 8.71. The Labute approximate surface area is 86.4 Å². The summed E-state index contributed by atoms with van der Waals surface area (Å²) in [6.07, 6.45) is 0. The molecule has 0 fully saturated rings. The van der Waals surface area contributed by atoms with Gasteiger partial charge in [-0.05, 0) is 19.1 Å². The van der Waals surface area contributed by atoms with Crippen molar-refractivity contribution in [2.75, 3.05) is 0 Å². The Kier molecular flexibility index (Phi) is 3.24. The molecule has 1 rings (SSSR count). The van der Waals surface area contributed by atoms with Crippen LogP contribution in [0.2, 0.25) is 15.1 Å². The lowest BCUT2D eigenvalue weighted by Crippen LogP contribution is -2.06. The van der Waals surface area contributed by atoms with Crippen molar-refractivity contribution in [2.24, 2.45) is 5.73 Å². The van der Waals surface area contributed by atoms with Gasteiger partial charge in [0, 0.05) is 26.7 Å². The third-order valence-electron chi connectivity index (χ3n) is 1.50. The van der Waals surface area contributed by atoms with Crippen LogP contribution in [0.25, 0.3) is 0 Å². The van der Waals surface area contributed by atoms with Gasteiger partial charge in [-0.1, -0.05) is 34.8 Å². The molecule has 0 spiro atoms. The second kappa shape index (κ2) is 3.84. The van der Waals surface area contributed by atoms with Crippen LogP contribution in [0.15, 0.2) is 12.1 Å². The zero-order valence-electron chi connectivity index (χ0n) is 6.44. The average Bonchev–Trinajstić information content (AvgIpc) is 1.82. The standard InChI is InChI=1S/C8H8Cl3N/c1-4(12)8-6(10)2-5(9)3-7(8)11/h2-4H,12H2,1H3/t4-/m0/s1. The van der Waals surface area contributed by atoms with E-state index in [4.69, 9.17) is 40.5 Å². The molecule has 0 saturated carbocycles. The van der Waals surface area contributed by atoms with Crippen LogP contribution in [-0.2, 0) is 0 Å². The molecule has 66 valence electrons. The summed E-state index contributed by atoms with van der Waals surface area (Å²) in [5.41, 5.74) is 6.39. The molecule has 0 aliphatic carbocycles. The van der Waals surface area contributed by atoms with Gasteiger partial charge in [0.15, 0.2) is 0 Å². The van der Waals surface area contributed by atoms with E-state index in [9.17, 15) is 0 Å². The zero-order chi connectivity index (χ0) is 9.30. The van der Waals surface area contributed by atoms with Crippen LogP contribution in [0.3, 0.4) is 0 Å². The second-order valence-electron chi connectivity index (χ2n) is 2.57. The Hall–Kier alpha value is 0.0500. The Morgan fingerprint density at radius 2 is 1.58 bits per heavy atom. The summed E-state index contributed by atoms with van der Waals surface area (Å²) in [6, 6.07) is 3.09. The minimum absolute atomic E-state index is 0.178. The quantitative estimate of drug-likeness (QED) is 0.774. The molecule has 1 atom stereocenters. The van der Waals surface area contributed by atoms with Crippen molar-refractivity contribution < 1.29 is 0 Å². The Morgan fingerprint density at radius 1 is 1.17 bits per heavy atom. The first-order valence-electron chi connectivity index (χ1n) is 3.42.